The van der Waals surface area contributed by atoms with E-state index in [-0.39, 0.29) is 0 Å². The van der Waals surface area contributed by atoms with Crippen LogP contribution in [0.1, 0.15) is 46.0 Å². The maximum absolute atomic E-state index is 10.7. The van der Waals surface area contributed by atoms with Gasteiger partial charge in [-0.05, 0) is 42.5 Å². The molecule has 0 aromatic heterocycles. The van der Waals surface area contributed by atoms with Crippen molar-refractivity contribution in [1.29, 1.82) is 0 Å². The first-order valence-corrected chi connectivity index (χ1v) is 6.97. The third kappa shape index (κ3) is 3.24. The van der Waals surface area contributed by atoms with Crippen molar-refractivity contribution in [2.24, 2.45) is 0 Å². The molecule has 0 aliphatic carbocycles. The van der Waals surface area contributed by atoms with Crippen molar-refractivity contribution in [1.82, 2.24) is 0 Å². The van der Waals surface area contributed by atoms with Crippen molar-refractivity contribution in [3.8, 4) is 0 Å². The highest BCUT2D eigenvalue weighted by atomic mass is 16.1. The van der Waals surface area contributed by atoms with E-state index in [0.717, 1.165) is 18.3 Å². The van der Waals surface area contributed by atoms with Gasteiger partial charge in [0, 0.05) is 5.56 Å². The van der Waals surface area contributed by atoms with Gasteiger partial charge in [0.15, 0.2) is 0 Å². The Labute approximate surface area is 121 Å². The van der Waals surface area contributed by atoms with Crippen LogP contribution in [-0.4, -0.2) is 6.29 Å². The Bertz CT molecular complexity index is 633. The van der Waals surface area contributed by atoms with Gasteiger partial charge in [0.1, 0.15) is 6.29 Å². The number of hydrogen-bond acceptors (Lipinski definition) is 1. The molecule has 0 saturated heterocycles. The lowest BCUT2D eigenvalue weighted by Crippen LogP contribution is -1.88. The SMILES string of the molecule is CCC(=Cc1cc(C)ccc1C)c1ccc(C=O)cc1. The van der Waals surface area contributed by atoms with Gasteiger partial charge in [-0.2, -0.15) is 0 Å². The van der Waals surface area contributed by atoms with E-state index in [0.29, 0.717) is 0 Å². The fraction of sp³-hybridized carbons (Fsp3) is 0.211. The molecule has 0 spiro atoms. The number of benzene rings is 2. The van der Waals surface area contributed by atoms with Crippen molar-refractivity contribution >= 4 is 17.9 Å². The summed E-state index contributed by atoms with van der Waals surface area (Å²) in [6.45, 7) is 6.40. The van der Waals surface area contributed by atoms with Crippen LogP contribution < -0.4 is 0 Å². The Kier molecular flexibility index (Phi) is 4.52. The summed E-state index contributed by atoms with van der Waals surface area (Å²) in [7, 11) is 0. The zero-order valence-corrected chi connectivity index (χ0v) is 12.3. The molecule has 0 heterocycles. The van der Waals surface area contributed by atoms with Crippen LogP contribution in [0.2, 0.25) is 0 Å². The normalized spacial score (nSPS) is 11.4. The molecule has 0 atom stereocenters. The van der Waals surface area contributed by atoms with Gasteiger partial charge in [0.25, 0.3) is 0 Å². The van der Waals surface area contributed by atoms with Crippen LogP contribution in [0.4, 0.5) is 0 Å². The van der Waals surface area contributed by atoms with E-state index in [4.69, 9.17) is 0 Å². The third-order valence-corrected chi connectivity index (χ3v) is 3.56. The lowest BCUT2D eigenvalue weighted by atomic mass is 9.97. The monoisotopic (exact) mass is 264 g/mol. The second-order valence-electron chi connectivity index (χ2n) is 5.12. The van der Waals surface area contributed by atoms with E-state index in [1.165, 1.54) is 27.8 Å². The summed E-state index contributed by atoms with van der Waals surface area (Å²) in [5.74, 6) is 0. The number of aryl methyl sites for hydroxylation is 2. The van der Waals surface area contributed by atoms with Gasteiger partial charge in [0.05, 0.1) is 0 Å². The van der Waals surface area contributed by atoms with E-state index < -0.39 is 0 Å². The van der Waals surface area contributed by atoms with Gasteiger partial charge < -0.3 is 0 Å². The Hall–Kier alpha value is -2.15. The number of carbonyl (C=O) groups excluding carboxylic acids is 1. The Morgan fingerprint density at radius 1 is 1.05 bits per heavy atom. The summed E-state index contributed by atoms with van der Waals surface area (Å²) in [6, 6.07) is 14.3. The summed E-state index contributed by atoms with van der Waals surface area (Å²) in [5, 5.41) is 0. The average Bonchev–Trinajstić information content (AvgIpc) is 2.48. The molecule has 0 aliphatic heterocycles. The Morgan fingerprint density at radius 3 is 2.35 bits per heavy atom. The van der Waals surface area contributed by atoms with Crippen LogP contribution in [0.15, 0.2) is 42.5 Å². The van der Waals surface area contributed by atoms with E-state index >= 15 is 0 Å². The minimum Gasteiger partial charge on any atom is -0.298 e. The highest BCUT2D eigenvalue weighted by Crippen LogP contribution is 2.23. The molecule has 0 amide bonds. The summed E-state index contributed by atoms with van der Waals surface area (Å²) < 4.78 is 0. The maximum atomic E-state index is 10.7. The second-order valence-corrected chi connectivity index (χ2v) is 5.12. The first-order valence-electron chi connectivity index (χ1n) is 6.97. The molecule has 0 fully saturated rings. The summed E-state index contributed by atoms with van der Waals surface area (Å²) in [4.78, 5) is 10.7. The molecule has 1 heteroatoms. The van der Waals surface area contributed by atoms with Gasteiger partial charge in [0.2, 0.25) is 0 Å². The molecule has 1 nitrogen and oxygen atoms in total. The van der Waals surface area contributed by atoms with Gasteiger partial charge in [-0.15, -0.1) is 0 Å². The number of hydrogen-bond donors (Lipinski definition) is 0. The van der Waals surface area contributed by atoms with Gasteiger partial charge >= 0.3 is 0 Å². The van der Waals surface area contributed by atoms with E-state index in [1.54, 1.807) is 0 Å². The molecule has 0 aliphatic rings. The number of carbonyl (C=O) groups is 1. The Morgan fingerprint density at radius 2 is 1.75 bits per heavy atom. The molecule has 0 radical (unpaired) electrons. The minimum atomic E-state index is 0.718. The van der Waals surface area contributed by atoms with Gasteiger partial charge in [-0.1, -0.05) is 61.0 Å². The van der Waals surface area contributed by atoms with Crippen LogP contribution in [0.25, 0.3) is 11.6 Å². The smallest absolute Gasteiger partial charge is 0.150 e. The average molecular weight is 264 g/mol. The van der Waals surface area contributed by atoms with Crippen molar-refractivity contribution in [2.75, 3.05) is 0 Å². The lowest BCUT2D eigenvalue weighted by Gasteiger charge is -2.08. The number of aldehydes is 1. The molecule has 2 aromatic rings. The molecule has 2 rings (SSSR count). The quantitative estimate of drug-likeness (QED) is 0.557. The number of allylic oxidation sites excluding steroid dienone is 1. The third-order valence-electron chi connectivity index (χ3n) is 3.56. The van der Waals surface area contributed by atoms with E-state index in [9.17, 15) is 4.79 Å². The molecular formula is C19H20O. The number of rotatable bonds is 4. The molecule has 0 saturated carbocycles. The van der Waals surface area contributed by atoms with Crippen LogP contribution in [0, 0.1) is 13.8 Å². The van der Waals surface area contributed by atoms with Gasteiger partial charge in [-0.3, -0.25) is 4.79 Å². The molecule has 0 bridgehead atoms. The topological polar surface area (TPSA) is 17.1 Å². The Balaban J connectivity index is 2.42. The first-order chi connectivity index (χ1) is 9.63. The fourth-order valence-corrected chi connectivity index (χ4v) is 2.27. The molecule has 0 N–H and O–H groups in total. The zero-order valence-electron chi connectivity index (χ0n) is 12.3. The largest absolute Gasteiger partial charge is 0.298 e. The highest BCUT2D eigenvalue weighted by Gasteiger charge is 2.02. The standard InChI is InChI=1S/C19H20O/c1-4-17(18-9-7-16(13-20)8-10-18)12-19-11-14(2)5-6-15(19)3/h5-13H,4H2,1-3H3. The molecule has 102 valence electrons. The lowest BCUT2D eigenvalue weighted by molar-refractivity contribution is 0.112. The highest BCUT2D eigenvalue weighted by molar-refractivity contribution is 5.83. The van der Waals surface area contributed by atoms with Gasteiger partial charge in [-0.25, -0.2) is 0 Å². The predicted octanol–water partition coefficient (Wildman–Crippen LogP) is 5.07. The minimum absolute atomic E-state index is 0.718. The second kappa shape index (κ2) is 6.33. The summed E-state index contributed by atoms with van der Waals surface area (Å²) in [5.41, 5.74) is 7.01. The summed E-state index contributed by atoms with van der Waals surface area (Å²) in [6.07, 6.45) is 4.09. The molecule has 2 aromatic carbocycles. The molecule has 20 heavy (non-hydrogen) atoms. The van der Waals surface area contributed by atoms with Crippen molar-refractivity contribution in [3.05, 3.63) is 70.3 Å². The van der Waals surface area contributed by atoms with Crippen molar-refractivity contribution < 1.29 is 4.79 Å². The molecule has 0 unspecified atom stereocenters. The maximum Gasteiger partial charge on any atom is 0.150 e. The summed E-state index contributed by atoms with van der Waals surface area (Å²) >= 11 is 0. The zero-order chi connectivity index (χ0) is 14.5. The molecular weight excluding hydrogens is 244 g/mol. The predicted molar refractivity (Wildman–Crippen MR) is 85.9 cm³/mol. The first kappa shape index (κ1) is 14.3. The van der Waals surface area contributed by atoms with Crippen LogP contribution >= 0.6 is 0 Å². The van der Waals surface area contributed by atoms with Crippen LogP contribution in [0.3, 0.4) is 0 Å². The fourth-order valence-electron chi connectivity index (χ4n) is 2.27. The van der Waals surface area contributed by atoms with Crippen LogP contribution in [-0.2, 0) is 0 Å². The van der Waals surface area contributed by atoms with Crippen molar-refractivity contribution in [3.63, 3.8) is 0 Å². The van der Waals surface area contributed by atoms with E-state index in [2.05, 4.69) is 45.0 Å². The van der Waals surface area contributed by atoms with E-state index in [1.807, 2.05) is 24.3 Å². The van der Waals surface area contributed by atoms with Crippen molar-refractivity contribution in [2.45, 2.75) is 27.2 Å². The van der Waals surface area contributed by atoms with Crippen LogP contribution in [0.5, 0.6) is 0 Å².